The smallest absolute Gasteiger partial charge is 0.319 e. The van der Waals surface area contributed by atoms with Crippen LogP contribution in [0.4, 0.5) is 8.78 Å². The fraction of sp³-hybridized carbons (Fsp3) is 0.524. The van der Waals surface area contributed by atoms with Crippen LogP contribution in [-0.4, -0.2) is 47.9 Å². The fourth-order valence-electron chi connectivity index (χ4n) is 3.15. The van der Waals surface area contributed by atoms with E-state index in [2.05, 4.69) is 10.6 Å². The number of alkyl halides is 2. The van der Waals surface area contributed by atoms with Crippen molar-refractivity contribution in [2.45, 2.75) is 58.0 Å². The van der Waals surface area contributed by atoms with E-state index in [-0.39, 0.29) is 12.3 Å². The Morgan fingerprint density at radius 3 is 2.03 bits per heavy atom. The van der Waals surface area contributed by atoms with Crippen LogP contribution in [0.25, 0.3) is 0 Å². The van der Waals surface area contributed by atoms with Gasteiger partial charge in [0, 0.05) is 6.92 Å². The van der Waals surface area contributed by atoms with Crippen molar-refractivity contribution in [2.24, 2.45) is 11.7 Å². The Hall–Kier alpha value is -2.68. The lowest BCUT2D eigenvalue weighted by atomic mass is 9.84. The summed E-state index contributed by atoms with van der Waals surface area (Å²) in [7, 11) is 0. The van der Waals surface area contributed by atoms with Crippen LogP contribution < -0.4 is 16.4 Å². The Labute approximate surface area is 174 Å². The number of Topliss-reactive ketones (excluding diaryl/α,β-unsaturated/α-hetero) is 2. The second-order valence-corrected chi connectivity index (χ2v) is 7.64. The van der Waals surface area contributed by atoms with Gasteiger partial charge in [0.05, 0.1) is 12.5 Å². The highest BCUT2D eigenvalue weighted by Crippen LogP contribution is 2.27. The number of carbonyl (C=O) groups excluding carboxylic acids is 4. The lowest BCUT2D eigenvalue weighted by Gasteiger charge is -2.30. The predicted octanol–water partition coefficient (Wildman–Crippen LogP) is 1.56. The molecule has 0 heterocycles. The van der Waals surface area contributed by atoms with Gasteiger partial charge in [0.1, 0.15) is 17.9 Å². The molecule has 30 heavy (non-hydrogen) atoms. The molecule has 0 aliphatic heterocycles. The van der Waals surface area contributed by atoms with E-state index in [1.165, 1.54) is 19.1 Å². The normalized spacial score (nSPS) is 14.5. The minimum atomic E-state index is -3.94. The van der Waals surface area contributed by atoms with Crippen molar-refractivity contribution in [2.75, 3.05) is 6.54 Å². The Morgan fingerprint density at radius 1 is 1.03 bits per heavy atom. The molecule has 0 fully saturated rings. The summed E-state index contributed by atoms with van der Waals surface area (Å²) < 4.78 is 28.4. The van der Waals surface area contributed by atoms with Crippen LogP contribution in [0, 0.1) is 5.92 Å². The molecule has 3 atom stereocenters. The molecule has 2 unspecified atom stereocenters. The van der Waals surface area contributed by atoms with Crippen LogP contribution in [0.2, 0.25) is 0 Å². The van der Waals surface area contributed by atoms with Crippen LogP contribution in [-0.2, 0) is 19.2 Å². The van der Waals surface area contributed by atoms with Crippen molar-refractivity contribution in [3.63, 3.8) is 0 Å². The van der Waals surface area contributed by atoms with Crippen LogP contribution in [0.1, 0.15) is 45.6 Å². The monoisotopic (exact) mass is 425 g/mol. The predicted molar refractivity (Wildman–Crippen MR) is 108 cm³/mol. The van der Waals surface area contributed by atoms with E-state index in [4.69, 9.17) is 5.73 Å². The number of hydrogen-bond donors (Lipinski definition) is 3. The molecule has 2 amide bonds. The molecule has 0 spiro atoms. The molecule has 1 rings (SSSR count). The largest absolute Gasteiger partial charge is 0.345 e. The summed E-state index contributed by atoms with van der Waals surface area (Å²) in [6, 6.07) is 4.98. The first-order valence-corrected chi connectivity index (χ1v) is 9.65. The second-order valence-electron chi connectivity index (χ2n) is 7.64. The van der Waals surface area contributed by atoms with Crippen LogP contribution in [0.15, 0.2) is 30.3 Å². The quantitative estimate of drug-likeness (QED) is 0.497. The maximum atomic E-state index is 14.2. The summed E-state index contributed by atoms with van der Waals surface area (Å²) in [6.45, 7) is 4.74. The minimum absolute atomic E-state index is 0.00929. The van der Waals surface area contributed by atoms with Crippen molar-refractivity contribution >= 4 is 23.4 Å². The van der Waals surface area contributed by atoms with Crippen LogP contribution >= 0.6 is 0 Å². The first-order valence-electron chi connectivity index (χ1n) is 9.65. The number of hydrogen-bond acceptors (Lipinski definition) is 5. The maximum Gasteiger partial charge on any atom is 0.319 e. The number of rotatable bonds is 11. The lowest BCUT2D eigenvalue weighted by molar-refractivity contribution is -0.147. The summed E-state index contributed by atoms with van der Waals surface area (Å²) >= 11 is 0. The summed E-state index contributed by atoms with van der Waals surface area (Å²) in [4.78, 5) is 49.3. The Balaban J connectivity index is 3.38. The maximum absolute atomic E-state index is 14.2. The van der Waals surface area contributed by atoms with Gasteiger partial charge in [-0.15, -0.1) is 0 Å². The molecule has 0 bridgehead atoms. The van der Waals surface area contributed by atoms with Gasteiger partial charge in [-0.05, 0) is 24.8 Å². The summed E-state index contributed by atoms with van der Waals surface area (Å²) in [5.41, 5.74) is 5.36. The first kappa shape index (κ1) is 25.4. The molecule has 0 saturated carbocycles. The molecule has 0 aliphatic carbocycles. The molecule has 0 saturated heterocycles. The Morgan fingerprint density at radius 2 is 1.60 bits per heavy atom. The van der Waals surface area contributed by atoms with E-state index in [1.54, 1.807) is 18.2 Å². The zero-order valence-corrected chi connectivity index (χ0v) is 17.6. The average molecular weight is 425 g/mol. The van der Waals surface area contributed by atoms with Crippen molar-refractivity contribution in [1.82, 2.24) is 10.6 Å². The minimum Gasteiger partial charge on any atom is -0.345 e. The molecule has 166 valence electrons. The summed E-state index contributed by atoms with van der Waals surface area (Å²) in [6.07, 6.45) is 0.218. The zero-order chi connectivity index (χ0) is 23.1. The third kappa shape index (κ3) is 6.98. The van der Waals surface area contributed by atoms with E-state index in [1.807, 2.05) is 13.8 Å². The number of benzene rings is 1. The summed E-state index contributed by atoms with van der Waals surface area (Å²) in [5.74, 6) is -8.84. The summed E-state index contributed by atoms with van der Waals surface area (Å²) in [5, 5.41) is 4.74. The van der Waals surface area contributed by atoms with Crippen molar-refractivity contribution < 1.29 is 28.0 Å². The van der Waals surface area contributed by atoms with Gasteiger partial charge in [-0.3, -0.25) is 19.2 Å². The van der Waals surface area contributed by atoms with E-state index in [9.17, 15) is 28.0 Å². The topological polar surface area (TPSA) is 118 Å². The first-order chi connectivity index (χ1) is 13.9. The van der Waals surface area contributed by atoms with Gasteiger partial charge in [-0.25, -0.2) is 0 Å². The molecular formula is C21H29F2N3O4. The van der Waals surface area contributed by atoms with Gasteiger partial charge in [-0.1, -0.05) is 44.2 Å². The molecule has 1 aromatic carbocycles. The van der Waals surface area contributed by atoms with Crippen molar-refractivity contribution in [3.8, 4) is 0 Å². The Kier molecular flexibility index (Phi) is 9.22. The highest BCUT2D eigenvalue weighted by molar-refractivity contribution is 6.01. The van der Waals surface area contributed by atoms with Gasteiger partial charge in [0.25, 0.3) is 0 Å². The Bertz CT molecular complexity index is 769. The number of amides is 2. The van der Waals surface area contributed by atoms with Crippen LogP contribution in [0.5, 0.6) is 0 Å². The number of halogens is 2. The highest BCUT2D eigenvalue weighted by atomic mass is 19.3. The molecule has 1 aromatic rings. The number of ketones is 2. The third-order valence-electron chi connectivity index (χ3n) is 4.53. The molecule has 0 aromatic heterocycles. The van der Waals surface area contributed by atoms with Gasteiger partial charge in [0.15, 0.2) is 0 Å². The lowest BCUT2D eigenvalue weighted by Crippen LogP contribution is -2.58. The molecule has 4 N–H and O–H groups in total. The van der Waals surface area contributed by atoms with Gasteiger partial charge < -0.3 is 16.4 Å². The highest BCUT2D eigenvalue weighted by Gasteiger charge is 2.47. The van der Waals surface area contributed by atoms with E-state index >= 15 is 0 Å². The van der Waals surface area contributed by atoms with Gasteiger partial charge in [0.2, 0.25) is 17.6 Å². The second kappa shape index (κ2) is 10.9. The molecule has 9 heteroatoms. The number of nitrogens with two attached hydrogens (primary N) is 1. The SMILES string of the molecule is CC(=O)N[C@@H](CC(C)C)C(=O)NC(C(=O)C(F)(F)CN)C(C(C)=O)c1ccccc1. The fourth-order valence-corrected chi connectivity index (χ4v) is 3.15. The molecule has 0 radical (unpaired) electrons. The van der Waals surface area contributed by atoms with E-state index in [0.717, 1.165) is 6.92 Å². The van der Waals surface area contributed by atoms with Crippen LogP contribution in [0.3, 0.4) is 0 Å². The van der Waals surface area contributed by atoms with E-state index in [0.29, 0.717) is 5.56 Å². The third-order valence-corrected chi connectivity index (χ3v) is 4.53. The molecule has 0 aliphatic rings. The number of nitrogens with one attached hydrogen (secondary N) is 2. The average Bonchev–Trinajstić information content (AvgIpc) is 2.66. The zero-order valence-electron chi connectivity index (χ0n) is 17.6. The number of carbonyl (C=O) groups is 4. The molecule has 7 nitrogen and oxygen atoms in total. The molecular weight excluding hydrogens is 396 g/mol. The van der Waals surface area contributed by atoms with Gasteiger partial charge >= 0.3 is 5.92 Å². The standard InChI is InChI=1S/C21H29F2N3O4/c1-12(2)10-16(25-14(4)28)20(30)26-18(19(29)21(22,23)11-24)17(13(3)27)15-8-6-5-7-9-15/h5-9,12,16-18H,10-11,24H2,1-4H3,(H,25,28)(H,26,30)/t16-,17?,18?/m0/s1. The van der Waals surface area contributed by atoms with Gasteiger partial charge in [-0.2, -0.15) is 8.78 Å². The van der Waals surface area contributed by atoms with Crippen molar-refractivity contribution in [3.05, 3.63) is 35.9 Å². The van der Waals surface area contributed by atoms with E-state index < -0.39 is 53.8 Å². The van der Waals surface area contributed by atoms with Crippen molar-refractivity contribution in [1.29, 1.82) is 0 Å².